The molecule has 1 heterocycles. The van der Waals surface area contributed by atoms with Crippen LogP contribution in [0.1, 0.15) is 6.92 Å². The molecule has 1 unspecified atom stereocenters. The van der Waals surface area contributed by atoms with Crippen molar-refractivity contribution < 1.29 is 0 Å². The van der Waals surface area contributed by atoms with Crippen LogP contribution in [0.25, 0.3) is 0 Å². The fourth-order valence-electron chi connectivity index (χ4n) is 0.495. The van der Waals surface area contributed by atoms with E-state index < -0.39 is 0 Å². The van der Waals surface area contributed by atoms with Crippen molar-refractivity contribution in [3.63, 3.8) is 0 Å². The molecule has 0 spiro atoms. The van der Waals surface area contributed by atoms with Gasteiger partial charge in [0.2, 0.25) is 0 Å². The molecule has 1 atom stereocenters. The van der Waals surface area contributed by atoms with Crippen molar-refractivity contribution in [3.8, 4) is 0 Å². The molecule has 0 aliphatic carbocycles. The van der Waals surface area contributed by atoms with Crippen LogP contribution < -0.4 is 11.1 Å². The third-order valence-corrected chi connectivity index (χ3v) is 0.921. The van der Waals surface area contributed by atoms with Gasteiger partial charge in [0.15, 0.2) is 6.29 Å². The van der Waals surface area contributed by atoms with Crippen molar-refractivity contribution in [2.45, 2.75) is 13.2 Å². The van der Waals surface area contributed by atoms with E-state index in [0.717, 1.165) is 5.57 Å². The van der Waals surface area contributed by atoms with Gasteiger partial charge in [-0.3, -0.25) is 10.7 Å². The number of nitrogens with one attached hydrogen (secondary N) is 1. The van der Waals surface area contributed by atoms with E-state index in [1.54, 1.807) is 6.21 Å². The standard InChI is InChI=1S/C5H9N3/c1-4-2-7-5(6)8-3-4/h2-3,5,7H,6H2,1H3. The Balaban J connectivity index is 2.58. The zero-order chi connectivity index (χ0) is 5.98. The van der Waals surface area contributed by atoms with Gasteiger partial charge in [-0.1, -0.05) is 0 Å². The lowest BCUT2D eigenvalue weighted by atomic mass is 10.3. The molecule has 0 fully saturated rings. The molecule has 0 saturated heterocycles. The number of hydrogen-bond donors (Lipinski definition) is 2. The first-order valence-electron chi connectivity index (χ1n) is 2.50. The summed E-state index contributed by atoms with van der Waals surface area (Å²) in [7, 11) is 0. The number of aliphatic imine (C=N–C) groups is 1. The van der Waals surface area contributed by atoms with Crippen molar-refractivity contribution in [1.29, 1.82) is 0 Å². The highest BCUT2D eigenvalue weighted by atomic mass is 15.2. The van der Waals surface area contributed by atoms with Crippen LogP contribution in [0.15, 0.2) is 16.8 Å². The third kappa shape index (κ3) is 1.07. The summed E-state index contributed by atoms with van der Waals surface area (Å²) in [6.07, 6.45) is 3.36. The van der Waals surface area contributed by atoms with Gasteiger partial charge in [0.25, 0.3) is 0 Å². The van der Waals surface area contributed by atoms with Gasteiger partial charge >= 0.3 is 0 Å². The van der Waals surface area contributed by atoms with E-state index in [9.17, 15) is 0 Å². The molecule has 0 aromatic rings. The normalized spacial score (nSPS) is 26.8. The minimum atomic E-state index is -0.237. The first-order valence-corrected chi connectivity index (χ1v) is 2.50. The van der Waals surface area contributed by atoms with Crippen LogP contribution in [0.3, 0.4) is 0 Å². The molecule has 0 aromatic carbocycles. The smallest absolute Gasteiger partial charge is 0.170 e. The Hall–Kier alpha value is -0.830. The topological polar surface area (TPSA) is 50.4 Å². The van der Waals surface area contributed by atoms with Gasteiger partial charge in [0, 0.05) is 12.4 Å². The molecule has 44 valence electrons. The molecule has 1 aliphatic heterocycles. The van der Waals surface area contributed by atoms with E-state index in [0.29, 0.717) is 0 Å². The first kappa shape index (κ1) is 5.31. The molecule has 1 rings (SSSR count). The summed E-state index contributed by atoms with van der Waals surface area (Å²) in [5.74, 6) is 0. The second-order valence-electron chi connectivity index (χ2n) is 1.78. The van der Waals surface area contributed by atoms with E-state index in [1.807, 2.05) is 13.1 Å². The van der Waals surface area contributed by atoms with E-state index in [1.165, 1.54) is 0 Å². The van der Waals surface area contributed by atoms with Crippen LogP contribution in [-0.4, -0.2) is 12.5 Å². The fourth-order valence-corrected chi connectivity index (χ4v) is 0.495. The second-order valence-corrected chi connectivity index (χ2v) is 1.78. The highest BCUT2D eigenvalue weighted by Crippen LogP contribution is 1.91. The van der Waals surface area contributed by atoms with E-state index in [-0.39, 0.29) is 6.29 Å². The summed E-state index contributed by atoms with van der Waals surface area (Å²) < 4.78 is 0. The Morgan fingerprint density at radius 1 is 1.88 bits per heavy atom. The zero-order valence-corrected chi connectivity index (χ0v) is 4.76. The molecular formula is C5H9N3. The molecule has 1 aliphatic rings. The second kappa shape index (κ2) is 1.96. The molecule has 3 nitrogen and oxygen atoms in total. The lowest BCUT2D eigenvalue weighted by molar-refractivity contribution is 0.635. The van der Waals surface area contributed by atoms with Gasteiger partial charge in [-0.05, 0) is 12.5 Å². The van der Waals surface area contributed by atoms with Crippen LogP contribution in [0, 0.1) is 0 Å². The van der Waals surface area contributed by atoms with Crippen molar-refractivity contribution >= 4 is 6.21 Å². The van der Waals surface area contributed by atoms with Crippen molar-refractivity contribution in [2.24, 2.45) is 10.7 Å². The minimum absolute atomic E-state index is 0.237. The lowest BCUT2D eigenvalue weighted by Crippen LogP contribution is -2.33. The maximum absolute atomic E-state index is 5.34. The van der Waals surface area contributed by atoms with Crippen LogP contribution in [0.2, 0.25) is 0 Å². The lowest BCUT2D eigenvalue weighted by Gasteiger charge is -2.10. The largest absolute Gasteiger partial charge is 0.358 e. The molecule has 8 heavy (non-hydrogen) atoms. The summed E-state index contributed by atoms with van der Waals surface area (Å²) in [6.45, 7) is 1.96. The molecule has 3 N–H and O–H groups in total. The Morgan fingerprint density at radius 3 is 3.00 bits per heavy atom. The molecule has 0 radical (unpaired) electrons. The summed E-state index contributed by atoms with van der Waals surface area (Å²) in [4.78, 5) is 3.88. The summed E-state index contributed by atoms with van der Waals surface area (Å²) in [5.41, 5.74) is 6.45. The van der Waals surface area contributed by atoms with E-state index >= 15 is 0 Å². The predicted molar refractivity (Wildman–Crippen MR) is 33.4 cm³/mol. The van der Waals surface area contributed by atoms with Gasteiger partial charge in [0.1, 0.15) is 0 Å². The maximum Gasteiger partial charge on any atom is 0.170 e. The highest BCUT2D eigenvalue weighted by molar-refractivity contribution is 5.78. The number of nitrogens with two attached hydrogens (primary N) is 1. The van der Waals surface area contributed by atoms with Crippen molar-refractivity contribution in [3.05, 3.63) is 11.8 Å². The average Bonchev–Trinajstić information content (AvgIpc) is 1.77. The number of allylic oxidation sites excluding steroid dienone is 1. The van der Waals surface area contributed by atoms with Gasteiger partial charge in [-0.15, -0.1) is 0 Å². The number of hydrogen-bond acceptors (Lipinski definition) is 3. The third-order valence-electron chi connectivity index (χ3n) is 0.921. The van der Waals surface area contributed by atoms with Crippen LogP contribution in [0.4, 0.5) is 0 Å². The summed E-state index contributed by atoms with van der Waals surface area (Å²) in [5, 5.41) is 2.85. The number of nitrogens with zero attached hydrogens (tertiary/aromatic N) is 1. The van der Waals surface area contributed by atoms with Gasteiger partial charge in [-0.25, -0.2) is 0 Å². The Kier molecular flexibility index (Phi) is 1.30. The van der Waals surface area contributed by atoms with Crippen molar-refractivity contribution in [2.75, 3.05) is 0 Å². The van der Waals surface area contributed by atoms with Crippen LogP contribution in [0.5, 0.6) is 0 Å². The van der Waals surface area contributed by atoms with E-state index in [4.69, 9.17) is 5.73 Å². The molecule has 0 aromatic heterocycles. The predicted octanol–water partition coefficient (Wildman–Crippen LogP) is -0.193. The molecule has 3 heteroatoms. The summed E-state index contributed by atoms with van der Waals surface area (Å²) >= 11 is 0. The highest BCUT2D eigenvalue weighted by Gasteiger charge is 1.96. The monoisotopic (exact) mass is 111 g/mol. The van der Waals surface area contributed by atoms with Crippen molar-refractivity contribution in [1.82, 2.24) is 5.32 Å². The van der Waals surface area contributed by atoms with Gasteiger partial charge in [-0.2, -0.15) is 0 Å². The molecule has 0 bridgehead atoms. The first-order chi connectivity index (χ1) is 3.79. The van der Waals surface area contributed by atoms with Crippen LogP contribution >= 0.6 is 0 Å². The average molecular weight is 111 g/mol. The molecule has 0 saturated carbocycles. The number of rotatable bonds is 0. The Labute approximate surface area is 48.3 Å². The minimum Gasteiger partial charge on any atom is -0.358 e. The van der Waals surface area contributed by atoms with E-state index in [2.05, 4.69) is 10.3 Å². The Morgan fingerprint density at radius 2 is 2.62 bits per heavy atom. The van der Waals surface area contributed by atoms with Gasteiger partial charge < -0.3 is 5.32 Å². The van der Waals surface area contributed by atoms with Gasteiger partial charge in [0.05, 0.1) is 0 Å². The van der Waals surface area contributed by atoms with Crippen LogP contribution in [-0.2, 0) is 0 Å². The summed E-state index contributed by atoms with van der Waals surface area (Å²) in [6, 6.07) is 0. The molecule has 0 amide bonds. The SMILES string of the molecule is CC1=CNC(N)N=C1. The zero-order valence-electron chi connectivity index (χ0n) is 4.76. The maximum atomic E-state index is 5.34. The fraction of sp³-hybridized carbons (Fsp3) is 0.400. The molecular weight excluding hydrogens is 102 g/mol. The quantitative estimate of drug-likeness (QED) is 0.455. The Bertz CT molecular complexity index is 137.